The van der Waals surface area contributed by atoms with Crippen molar-refractivity contribution in [3.05, 3.63) is 17.0 Å². The van der Waals surface area contributed by atoms with Crippen molar-refractivity contribution in [1.82, 2.24) is 9.78 Å². The fourth-order valence-corrected chi connectivity index (χ4v) is 2.50. The number of hydrogen-bond donors (Lipinski definition) is 1. The van der Waals surface area contributed by atoms with Crippen LogP contribution in [-0.4, -0.2) is 14.9 Å². The van der Waals surface area contributed by atoms with E-state index < -0.39 is 0 Å². The zero-order valence-electron chi connectivity index (χ0n) is 12.2. The summed E-state index contributed by atoms with van der Waals surface area (Å²) in [5.74, 6) is 0. The summed E-state index contributed by atoms with van der Waals surface area (Å²) in [6.45, 7) is 7.61. The number of hydrogen-bond acceptors (Lipinski definition) is 2. The predicted octanol–water partition coefficient (Wildman–Crippen LogP) is 3.47. The summed E-state index contributed by atoms with van der Waals surface area (Å²) in [6, 6.07) is 0. The molecule has 3 heteroatoms. The van der Waals surface area contributed by atoms with Crippen molar-refractivity contribution >= 4 is 0 Å². The van der Waals surface area contributed by atoms with E-state index in [1.807, 2.05) is 0 Å². The Labute approximate surface area is 111 Å². The van der Waals surface area contributed by atoms with Crippen molar-refractivity contribution in [1.29, 1.82) is 0 Å². The molecule has 0 amide bonds. The minimum Gasteiger partial charge on any atom is -0.392 e. The largest absolute Gasteiger partial charge is 0.392 e. The fraction of sp³-hybridized carbons (Fsp3) is 0.800. The van der Waals surface area contributed by atoms with Crippen LogP contribution >= 0.6 is 0 Å². The molecule has 0 aromatic carbocycles. The first-order valence-electron chi connectivity index (χ1n) is 7.46. The zero-order chi connectivity index (χ0) is 13.4. The van der Waals surface area contributed by atoms with E-state index >= 15 is 0 Å². The second-order valence-electron chi connectivity index (χ2n) is 4.87. The molecule has 1 N–H and O–H groups in total. The number of aliphatic hydroxyl groups excluding tert-OH is 1. The molecule has 0 aliphatic rings. The summed E-state index contributed by atoms with van der Waals surface area (Å²) in [5.41, 5.74) is 3.36. The van der Waals surface area contributed by atoms with Gasteiger partial charge in [-0.2, -0.15) is 5.10 Å². The van der Waals surface area contributed by atoms with Gasteiger partial charge in [0.15, 0.2) is 0 Å². The van der Waals surface area contributed by atoms with Crippen LogP contribution in [0, 0.1) is 0 Å². The summed E-state index contributed by atoms with van der Waals surface area (Å²) in [6.07, 6.45) is 8.30. The average molecular weight is 252 g/mol. The van der Waals surface area contributed by atoms with E-state index in [0.717, 1.165) is 30.6 Å². The number of rotatable bonds is 9. The van der Waals surface area contributed by atoms with Gasteiger partial charge in [0.1, 0.15) is 0 Å². The Morgan fingerprint density at radius 2 is 1.72 bits per heavy atom. The van der Waals surface area contributed by atoms with E-state index in [9.17, 15) is 5.11 Å². The smallest absolute Gasteiger partial charge is 0.0718 e. The van der Waals surface area contributed by atoms with Crippen molar-refractivity contribution in [2.75, 3.05) is 0 Å². The summed E-state index contributed by atoms with van der Waals surface area (Å²) in [5, 5.41) is 14.1. The van der Waals surface area contributed by atoms with E-state index in [1.165, 1.54) is 37.8 Å². The van der Waals surface area contributed by atoms with Crippen molar-refractivity contribution < 1.29 is 5.11 Å². The maximum absolute atomic E-state index is 9.46. The third-order valence-corrected chi connectivity index (χ3v) is 3.55. The van der Waals surface area contributed by atoms with E-state index in [2.05, 4.69) is 30.6 Å². The van der Waals surface area contributed by atoms with Gasteiger partial charge in [0.25, 0.3) is 0 Å². The lowest BCUT2D eigenvalue weighted by Crippen LogP contribution is -2.05. The molecule has 1 aromatic heterocycles. The van der Waals surface area contributed by atoms with Crippen LogP contribution in [0.3, 0.4) is 0 Å². The zero-order valence-corrected chi connectivity index (χ0v) is 12.2. The van der Waals surface area contributed by atoms with Gasteiger partial charge >= 0.3 is 0 Å². The Morgan fingerprint density at radius 3 is 2.28 bits per heavy atom. The molecule has 1 rings (SSSR count). The first-order chi connectivity index (χ1) is 8.78. The van der Waals surface area contributed by atoms with Crippen molar-refractivity contribution in [3.8, 4) is 0 Å². The molecule has 1 aromatic rings. The maximum atomic E-state index is 9.46. The Morgan fingerprint density at radius 1 is 1.00 bits per heavy atom. The number of unbranched alkanes of at least 4 members (excludes halogenated alkanes) is 4. The average Bonchev–Trinajstić information content (AvgIpc) is 2.75. The quantitative estimate of drug-likeness (QED) is 0.683. The maximum Gasteiger partial charge on any atom is 0.0718 e. The SMILES string of the molecule is CCCCCCCn1nc(CC)c(CO)c1CC. The Hall–Kier alpha value is -0.830. The minimum atomic E-state index is 0.127. The van der Waals surface area contributed by atoms with Crippen LogP contribution in [0.2, 0.25) is 0 Å². The van der Waals surface area contributed by atoms with Crippen LogP contribution < -0.4 is 0 Å². The fourth-order valence-electron chi connectivity index (χ4n) is 2.50. The number of nitrogens with zero attached hydrogens (tertiary/aromatic N) is 2. The van der Waals surface area contributed by atoms with Crippen LogP contribution in [0.5, 0.6) is 0 Å². The van der Waals surface area contributed by atoms with Crippen LogP contribution in [0.4, 0.5) is 0 Å². The van der Waals surface area contributed by atoms with Gasteiger partial charge in [-0.1, -0.05) is 46.5 Å². The van der Waals surface area contributed by atoms with E-state index in [1.54, 1.807) is 0 Å². The first-order valence-corrected chi connectivity index (χ1v) is 7.46. The molecular weight excluding hydrogens is 224 g/mol. The molecule has 0 fully saturated rings. The molecule has 0 saturated heterocycles. The van der Waals surface area contributed by atoms with Gasteiger partial charge in [-0.15, -0.1) is 0 Å². The van der Waals surface area contributed by atoms with Crippen molar-refractivity contribution in [2.24, 2.45) is 0 Å². The molecule has 0 unspecified atom stereocenters. The van der Waals surface area contributed by atoms with Gasteiger partial charge in [0.2, 0.25) is 0 Å². The van der Waals surface area contributed by atoms with E-state index in [4.69, 9.17) is 0 Å². The highest BCUT2D eigenvalue weighted by molar-refractivity contribution is 5.25. The lowest BCUT2D eigenvalue weighted by molar-refractivity contribution is 0.279. The summed E-state index contributed by atoms with van der Waals surface area (Å²) < 4.78 is 2.12. The second-order valence-corrected chi connectivity index (χ2v) is 4.87. The summed E-state index contributed by atoms with van der Waals surface area (Å²) in [4.78, 5) is 0. The summed E-state index contributed by atoms with van der Waals surface area (Å²) >= 11 is 0. The van der Waals surface area contributed by atoms with Gasteiger partial charge in [0, 0.05) is 17.8 Å². The molecule has 0 aliphatic heterocycles. The van der Waals surface area contributed by atoms with Gasteiger partial charge in [0.05, 0.1) is 12.3 Å². The van der Waals surface area contributed by atoms with Crippen LogP contribution in [-0.2, 0) is 26.0 Å². The molecule has 0 aliphatic carbocycles. The molecule has 1 heterocycles. The minimum absolute atomic E-state index is 0.127. The Bertz CT molecular complexity index is 345. The third kappa shape index (κ3) is 3.84. The molecule has 3 nitrogen and oxygen atoms in total. The van der Waals surface area contributed by atoms with Crippen LogP contribution in [0.1, 0.15) is 69.8 Å². The highest BCUT2D eigenvalue weighted by atomic mass is 16.3. The molecule has 0 radical (unpaired) electrons. The van der Waals surface area contributed by atoms with Crippen LogP contribution in [0.15, 0.2) is 0 Å². The molecule has 0 atom stereocenters. The van der Waals surface area contributed by atoms with Crippen LogP contribution in [0.25, 0.3) is 0 Å². The molecule has 0 bridgehead atoms. The Balaban J connectivity index is 2.61. The number of aliphatic hydroxyl groups is 1. The van der Waals surface area contributed by atoms with Crippen molar-refractivity contribution in [2.45, 2.75) is 78.9 Å². The molecule has 18 heavy (non-hydrogen) atoms. The van der Waals surface area contributed by atoms with E-state index in [0.29, 0.717) is 0 Å². The molecule has 0 saturated carbocycles. The molecule has 0 spiro atoms. The standard InChI is InChI=1S/C15H28N2O/c1-4-7-8-9-10-11-17-15(6-3)13(12-18)14(5-2)16-17/h18H,4-12H2,1-3H3. The van der Waals surface area contributed by atoms with Gasteiger partial charge < -0.3 is 5.11 Å². The first kappa shape index (κ1) is 15.2. The predicted molar refractivity (Wildman–Crippen MR) is 75.7 cm³/mol. The van der Waals surface area contributed by atoms with Gasteiger partial charge in [-0.3, -0.25) is 4.68 Å². The van der Waals surface area contributed by atoms with Gasteiger partial charge in [-0.25, -0.2) is 0 Å². The highest BCUT2D eigenvalue weighted by Gasteiger charge is 2.13. The number of aryl methyl sites for hydroxylation is 2. The van der Waals surface area contributed by atoms with Gasteiger partial charge in [-0.05, 0) is 19.3 Å². The number of aromatic nitrogens is 2. The lowest BCUT2D eigenvalue weighted by Gasteiger charge is -2.06. The topological polar surface area (TPSA) is 38.0 Å². The van der Waals surface area contributed by atoms with E-state index in [-0.39, 0.29) is 6.61 Å². The Kier molecular flexibility index (Phi) is 7.02. The molecule has 104 valence electrons. The summed E-state index contributed by atoms with van der Waals surface area (Å²) in [7, 11) is 0. The second kappa shape index (κ2) is 8.30. The van der Waals surface area contributed by atoms with Crippen molar-refractivity contribution in [3.63, 3.8) is 0 Å². The lowest BCUT2D eigenvalue weighted by atomic mass is 10.1. The highest BCUT2D eigenvalue weighted by Crippen LogP contribution is 2.17. The molecular formula is C15H28N2O. The monoisotopic (exact) mass is 252 g/mol. The normalized spacial score (nSPS) is 11.1. The third-order valence-electron chi connectivity index (χ3n) is 3.55.